The van der Waals surface area contributed by atoms with Gasteiger partial charge in [-0.1, -0.05) is 24.3 Å². The van der Waals surface area contributed by atoms with Gasteiger partial charge in [0.05, 0.1) is 0 Å². The summed E-state index contributed by atoms with van der Waals surface area (Å²) in [6.45, 7) is 2.17. The van der Waals surface area contributed by atoms with Crippen molar-refractivity contribution in [1.82, 2.24) is 10.6 Å². The Bertz CT molecular complexity index is 309. The van der Waals surface area contributed by atoms with Crippen LogP contribution in [0.5, 0.6) is 0 Å². The second kappa shape index (κ2) is 5.29. The summed E-state index contributed by atoms with van der Waals surface area (Å²) < 4.78 is 0. The predicted molar refractivity (Wildman–Crippen MR) is 63.9 cm³/mol. The maximum absolute atomic E-state index is 3.61. The highest BCUT2D eigenvalue weighted by molar-refractivity contribution is 5.29. The molecule has 1 atom stereocenters. The van der Waals surface area contributed by atoms with Gasteiger partial charge in [-0.2, -0.15) is 0 Å². The third kappa shape index (κ3) is 2.80. The largest absolute Gasteiger partial charge is 0.320 e. The molecule has 0 saturated carbocycles. The maximum Gasteiger partial charge on any atom is 0.0210 e. The first-order chi connectivity index (χ1) is 7.40. The standard InChI is InChI=1S/C13H20N2/c1-14-8-4-7-13-9-11-5-2-3-6-12(11)10-15-13/h2-3,5-6,13-15H,4,7-10H2,1H3. The fraction of sp³-hybridized carbons (Fsp3) is 0.538. The van der Waals surface area contributed by atoms with E-state index in [-0.39, 0.29) is 0 Å². The van der Waals surface area contributed by atoms with Gasteiger partial charge in [0.2, 0.25) is 0 Å². The monoisotopic (exact) mass is 204 g/mol. The number of hydrogen-bond acceptors (Lipinski definition) is 2. The van der Waals surface area contributed by atoms with Crippen LogP contribution in [0.3, 0.4) is 0 Å². The van der Waals surface area contributed by atoms with Gasteiger partial charge >= 0.3 is 0 Å². The molecule has 0 spiro atoms. The molecular weight excluding hydrogens is 184 g/mol. The lowest BCUT2D eigenvalue weighted by molar-refractivity contribution is 0.438. The minimum Gasteiger partial charge on any atom is -0.320 e. The van der Waals surface area contributed by atoms with E-state index < -0.39 is 0 Å². The lowest BCUT2D eigenvalue weighted by atomic mass is 9.93. The molecule has 82 valence electrons. The van der Waals surface area contributed by atoms with Crippen LogP contribution in [0.4, 0.5) is 0 Å². The van der Waals surface area contributed by atoms with E-state index in [0.29, 0.717) is 6.04 Å². The minimum absolute atomic E-state index is 0.674. The van der Waals surface area contributed by atoms with Crippen molar-refractivity contribution >= 4 is 0 Å². The van der Waals surface area contributed by atoms with E-state index in [1.165, 1.54) is 30.4 Å². The average Bonchev–Trinajstić information content (AvgIpc) is 2.29. The van der Waals surface area contributed by atoms with Gasteiger partial charge in [0.1, 0.15) is 0 Å². The first-order valence-corrected chi connectivity index (χ1v) is 5.85. The summed E-state index contributed by atoms with van der Waals surface area (Å²) in [5.41, 5.74) is 3.01. The van der Waals surface area contributed by atoms with Gasteiger partial charge in [0.15, 0.2) is 0 Å². The van der Waals surface area contributed by atoms with Crippen LogP contribution < -0.4 is 10.6 Å². The van der Waals surface area contributed by atoms with Crippen LogP contribution in [0.15, 0.2) is 24.3 Å². The van der Waals surface area contributed by atoms with Gasteiger partial charge in [-0.15, -0.1) is 0 Å². The van der Waals surface area contributed by atoms with Crippen LogP contribution in [0, 0.1) is 0 Å². The maximum atomic E-state index is 3.61. The normalized spacial score (nSPS) is 19.9. The molecule has 2 nitrogen and oxygen atoms in total. The van der Waals surface area contributed by atoms with Crippen molar-refractivity contribution in [2.75, 3.05) is 13.6 Å². The second-order valence-electron chi connectivity index (χ2n) is 4.30. The Morgan fingerprint density at radius 3 is 2.93 bits per heavy atom. The van der Waals surface area contributed by atoms with Crippen molar-refractivity contribution in [1.29, 1.82) is 0 Å². The van der Waals surface area contributed by atoms with Crippen LogP contribution in [0.25, 0.3) is 0 Å². The first kappa shape index (κ1) is 10.7. The van der Waals surface area contributed by atoms with Gasteiger partial charge in [-0.3, -0.25) is 0 Å². The summed E-state index contributed by atoms with van der Waals surface area (Å²) in [5.74, 6) is 0. The summed E-state index contributed by atoms with van der Waals surface area (Å²) in [6.07, 6.45) is 3.73. The Kier molecular flexibility index (Phi) is 3.75. The molecule has 1 aliphatic heterocycles. The summed E-state index contributed by atoms with van der Waals surface area (Å²) in [6, 6.07) is 9.44. The first-order valence-electron chi connectivity index (χ1n) is 5.85. The molecule has 1 unspecified atom stereocenters. The second-order valence-corrected chi connectivity index (χ2v) is 4.30. The fourth-order valence-corrected chi connectivity index (χ4v) is 2.25. The number of benzene rings is 1. The Morgan fingerprint density at radius 1 is 1.33 bits per heavy atom. The fourth-order valence-electron chi connectivity index (χ4n) is 2.25. The molecule has 15 heavy (non-hydrogen) atoms. The molecule has 0 radical (unpaired) electrons. The summed E-state index contributed by atoms with van der Waals surface area (Å²) in [7, 11) is 2.02. The van der Waals surface area contributed by atoms with Crippen molar-refractivity contribution in [3.63, 3.8) is 0 Å². The zero-order valence-corrected chi connectivity index (χ0v) is 9.42. The Morgan fingerprint density at radius 2 is 2.13 bits per heavy atom. The minimum atomic E-state index is 0.674. The molecule has 0 fully saturated rings. The van der Waals surface area contributed by atoms with Crippen LogP contribution in [-0.4, -0.2) is 19.6 Å². The smallest absolute Gasteiger partial charge is 0.0210 e. The third-order valence-corrected chi connectivity index (χ3v) is 3.15. The highest BCUT2D eigenvalue weighted by Gasteiger charge is 2.16. The quantitative estimate of drug-likeness (QED) is 0.729. The number of fused-ring (bicyclic) bond motifs is 1. The summed E-state index contributed by atoms with van der Waals surface area (Å²) >= 11 is 0. The summed E-state index contributed by atoms with van der Waals surface area (Å²) in [5, 5.41) is 6.81. The molecule has 0 amide bonds. The van der Waals surface area contributed by atoms with Crippen LogP contribution in [-0.2, 0) is 13.0 Å². The molecule has 2 heteroatoms. The number of nitrogens with one attached hydrogen (secondary N) is 2. The zero-order valence-electron chi connectivity index (χ0n) is 9.42. The summed E-state index contributed by atoms with van der Waals surface area (Å²) in [4.78, 5) is 0. The van der Waals surface area contributed by atoms with Crippen molar-refractivity contribution in [3.8, 4) is 0 Å². The number of rotatable bonds is 4. The molecule has 1 aromatic rings. The van der Waals surface area contributed by atoms with Crippen LogP contribution >= 0.6 is 0 Å². The predicted octanol–water partition coefficient (Wildman–Crippen LogP) is 1.70. The van der Waals surface area contributed by atoms with Gasteiger partial charge in [-0.25, -0.2) is 0 Å². The van der Waals surface area contributed by atoms with Crippen LogP contribution in [0.1, 0.15) is 24.0 Å². The molecule has 0 aliphatic carbocycles. The van der Waals surface area contributed by atoms with E-state index >= 15 is 0 Å². The van der Waals surface area contributed by atoms with Gasteiger partial charge in [0, 0.05) is 12.6 Å². The van der Waals surface area contributed by atoms with Gasteiger partial charge in [-0.05, 0) is 44.0 Å². The van der Waals surface area contributed by atoms with Crippen LogP contribution in [0.2, 0.25) is 0 Å². The molecule has 1 aliphatic rings. The van der Waals surface area contributed by atoms with E-state index in [1.54, 1.807) is 0 Å². The van der Waals surface area contributed by atoms with E-state index in [2.05, 4.69) is 34.9 Å². The molecule has 2 rings (SSSR count). The van der Waals surface area contributed by atoms with E-state index in [1.807, 2.05) is 7.05 Å². The van der Waals surface area contributed by atoms with Gasteiger partial charge < -0.3 is 10.6 Å². The average molecular weight is 204 g/mol. The topological polar surface area (TPSA) is 24.1 Å². The molecule has 0 saturated heterocycles. The van der Waals surface area contributed by atoms with E-state index in [0.717, 1.165) is 13.1 Å². The zero-order chi connectivity index (χ0) is 10.5. The van der Waals surface area contributed by atoms with Crippen molar-refractivity contribution < 1.29 is 0 Å². The lowest BCUT2D eigenvalue weighted by Crippen LogP contribution is -2.35. The van der Waals surface area contributed by atoms with E-state index in [9.17, 15) is 0 Å². The molecule has 2 N–H and O–H groups in total. The molecule has 0 aromatic heterocycles. The number of hydrogen-bond donors (Lipinski definition) is 2. The highest BCUT2D eigenvalue weighted by Crippen LogP contribution is 2.18. The molecule has 1 aromatic carbocycles. The Labute approximate surface area is 92.1 Å². The Balaban J connectivity index is 1.88. The van der Waals surface area contributed by atoms with Gasteiger partial charge in [0.25, 0.3) is 0 Å². The SMILES string of the molecule is CNCCCC1Cc2ccccc2CN1. The van der Waals surface area contributed by atoms with Crippen molar-refractivity contribution in [3.05, 3.63) is 35.4 Å². The third-order valence-electron chi connectivity index (χ3n) is 3.15. The molecule has 0 bridgehead atoms. The van der Waals surface area contributed by atoms with E-state index in [4.69, 9.17) is 0 Å². The molecule has 1 heterocycles. The van der Waals surface area contributed by atoms with Crippen molar-refractivity contribution in [2.24, 2.45) is 0 Å². The van der Waals surface area contributed by atoms with Crippen molar-refractivity contribution in [2.45, 2.75) is 31.8 Å². The lowest BCUT2D eigenvalue weighted by Gasteiger charge is -2.26. The molecular formula is C13H20N2. The Hall–Kier alpha value is -0.860. The highest BCUT2D eigenvalue weighted by atomic mass is 14.9.